The summed E-state index contributed by atoms with van der Waals surface area (Å²) in [5.74, 6) is -0.634. The standard InChI is InChI=1S/C29H34ClN5O3/c30-27-23-7-8-25-28(27)31-32-35(25)12-3-1-2-4-19-9-13-33(14-10-19)29(38)34-15-11-20-5-6-21(16-22(20)18-34)24(23)17-26(36)37/h5-8,16,19,24H,1-4,9-15,17-18H2,(H,36,37). The molecule has 1 fully saturated rings. The van der Waals surface area contributed by atoms with Crippen molar-refractivity contribution in [3.05, 3.63) is 57.6 Å². The van der Waals surface area contributed by atoms with Gasteiger partial charge in [-0.25, -0.2) is 9.48 Å². The van der Waals surface area contributed by atoms with Crippen molar-refractivity contribution in [2.24, 2.45) is 5.92 Å². The van der Waals surface area contributed by atoms with E-state index in [1.807, 2.05) is 32.7 Å². The van der Waals surface area contributed by atoms with Crippen molar-refractivity contribution < 1.29 is 14.7 Å². The molecule has 38 heavy (non-hydrogen) atoms. The van der Waals surface area contributed by atoms with Crippen molar-refractivity contribution >= 4 is 34.6 Å². The molecule has 1 saturated heterocycles. The van der Waals surface area contributed by atoms with Gasteiger partial charge in [-0.05, 0) is 59.9 Å². The molecule has 6 aliphatic rings. The molecule has 8 nitrogen and oxygen atoms in total. The number of halogens is 1. The molecular weight excluding hydrogens is 502 g/mol. The van der Waals surface area contributed by atoms with Crippen LogP contribution < -0.4 is 0 Å². The van der Waals surface area contributed by atoms with Crippen LogP contribution in [0.5, 0.6) is 0 Å². The lowest BCUT2D eigenvalue weighted by atomic mass is 9.85. The second kappa shape index (κ2) is 10.6. The Hall–Kier alpha value is -3.13. The van der Waals surface area contributed by atoms with E-state index < -0.39 is 11.9 Å². The number of carbonyl (C=O) groups is 2. The first kappa shape index (κ1) is 25.2. The molecule has 1 aromatic heterocycles. The van der Waals surface area contributed by atoms with Gasteiger partial charge in [0.15, 0.2) is 0 Å². The van der Waals surface area contributed by atoms with Crippen LogP contribution in [0.15, 0.2) is 30.3 Å². The quantitative estimate of drug-likeness (QED) is 0.471. The number of aromatic nitrogens is 3. The maximum Gasteiger partial charge on any atom is 0.320 e. The van der Waals surface area contributed by atoms with Crippen molar-refractivity contribution in [3.63, 3.8) is 0 Å². The number of benzene rings is 2. The van der Waals surface area contributed by atoms with Crippen molar-refractivity contribution in [2.45, 2.75) is 70.4 Å². The van der Waals surface area contributed by atoms with Crippen LogP contribution in [0.3, 0.4) is 0 Å². The zero-order valence-corrected chi connectivity index (χ0v) is 22.4. The Bertz CT molecular complexity index is 1360. The second-order valence-electron chi connectivity index (χ2n) is 11.1. The van der Waals surface area contributed by atoms with E-state index in [1.165, 1.54) is 18.4 Å². The van der Waals surface area contributed by atoms with Crippen LogP contribution in [-0.2, 0) is 24.3 Å². The number of hydrogen-bond acceptors (Lipinski definition) is 4. The van der Waals surface area contributed by atoms with Crippen LogP contribution in [0.25, 0.3) is 11.0 Å². The predicted octanol–water partition coefficient (Wildman–Crippen LogP) is 5.46. The number of rotatable bonds is 2. The van der Waals surface area contributed by atoms with Crippen molar-refractivity contribution in [2.75, 3.05) is 19.6 Å². The zero-order chi connectivity index (χ0) is 26.2. The molecule has 1 N–H and O–H groups in total. The molecule has 9 rings (SSSR count). The van der Waals surface area contributed by atoms with Gasteiger partial charge in [-0.15, -0.1) is 5.10 Å². The summed E-state index contributed by atoms with van der Waals surface area (Å²) in [6.07, 6.45) is 7.39. The number of carboxylic acid groups (broad SMARTS) is 1. The summed E-state index contributed by atoms with van der Waals surface area (Å²) < 4.78 is 1.91. The summed E-state index contributed by atoms with van der Waals surface area (Å²) in [4.78, 5) is 29.4. The van der Waals surface area contributed by atoms with Gasteiger partial charge in [-0.3, -0.25) is 4.79 Å². The highest BCUT2D eigenvalue weighted by atomic mass is 35.5. The highest BCUT2D eigenvalue weighted by Gasteiger charge is 2.30. The van der Waals surface area contributed by atoms with Crippen molar-refractivity contribution in [3.8, 4) is 0 Å². The molecule has 1 atom stereocenters. The van der Waals surface area contributed by atoms with Crippen molar-refractivity contribution in [1.82, 2.24) is 24.8 Å². The van der Waals surface area contributed by atoms with Gasteiger partial charge in [0.05, 0.1) is 17.0 Å². The first-order valence-electron chi connectivity index (χ1n) is 13.9. The Morgan fingerprint density at radius 2 is 1.82 bits per heavy atom. The third-order valence-electron chi connectivity index (χ3n) is 8.69. The monoisotopic (exact) mass is 535 g/mol. The molecule has 9 heteroatoms. The number of hydrogen-bond donors (Lipinski definition) is 1. The Kier molecular flexibility index (Phi) is 6.99. The molecule has 0 radical (unpaired) electrons. The van der Waals surface area contributed by atoms with Crippen molar-refractivity contribution in [1.29, 1.82) is 0 Å². The fourth-order valence-corrected chi connectivity index (χ4v) is 6.81. The topological polar surface area (TPSA) is 91.6 Å². The summed E-state index contributed by atoms with van der Waals surface area (Å²) in [5.41, 5.74) is 5.43. The molecule has 0 aliphatic carbocycles. The van der Waals surface area contributed by atoms with Gasteiger partial charge in [-0.1, -0.05) is 60.3 Å². The maximum absolute atomic E-state index is 13.4. The molecule has 6 aliphatic heterocycles. The predicted molar refractivity (Wildman–Crippen MR) is 145 cm³/mol. The molecule has 9 bridgehead atoms. The minimum absolute atomic E-state index is 0.0876. The molecular formula is C29H34ClN5O3. The number of aryl methyl sites for hydroxylation is 1. The molecule has 2 amide bonds. The lowest BCUT2D eigenvalue weighted by molar-refractivity contribution is -0.137. The molecule has 7 heterocycles. The van der Waals surface area contributed by atoms with Gasteiger partial charge >= 0.3 is 12.0 Å². The summed E-state index contributed by atoms with van der Waals surface area (Å²) >= 11 is 6.89. The van der Waals surface area contributed by atoms with E-state index in [0.29, 0.717) is 29.5 Å². The van der Waals surface area contributed by atoms with E-state index in [1.54, 1.807) is 0 Å². The van der Waals surface area contributed by atoms with E-state index >= 15 is 0 Å². The van der Waals surface area contributed by atoms with E-state index in [-0.39, 0.29) is 12.5 Å². The molecule has 1 unspecified atom stereocenters. The molecule has 0 spiro atoms. The van der Waals surface area contributed by atoms with Crippen LogP contribution in [0.4, 0.5) is 4.79 Å². The van der Waals surface area contributed by atoms with E-state index in [0.717, 1.165) is 73.9 Å². The molecule has 200 valence electrons. The van der Waals surface area contributed by atoms with Gasteiger partial charge in [0, 0.05) is 38.6 Å². The minimum Gasteiger partial charge on any atom is -0.481 e. The van der Waals surface area contributed by atoms with Gasteiger partial charge in [0.25, 0.3) is 0 Å². The first-order chi connectivity index (χ1) is 18.5. The Morgan fingerprint density at radius 1 is 0.974 bits per heavy atom. The van der Waals surface area contributed by atoms with Gasteiger partial charge < -0.3 is 14.9 Å². The average molecular weight is 536 g/mol. The van der Waals surface area contributed by atoms with Gasteiger partial charge in [0.1, 0.15) is 5.52 Å². The van der Waals surface area contributed by atoms with E-state index in [4.69, 9.17) is 11.6 Å². The normalized spacial score (nSPS) is 22.4. The third-order valence-corrected chi connectivity index (χ3v) is 9.09. The third kappa shape index (κ3) is 4.86. The Morgan fingerprint density at radius 3 is 2.63 bits per heavy atom. The Balaban J connectivity index is 1.39. The lowest BCUT2D eigenvalue weighted by Crippen LogP contribution is -2.48. The summed E-state index contributed by atoms with van der Waals surface area (Å²) in [6.45, 7) is 3.69. The Labute approximate surface area is 227 Å². The fourth-order valence-electron chi connectivity index (χ4n) is 6.48. The number of carbonyl (C=O) groups excluding carboxylic acids is 1. The highest BCUT2D eigenvalue weighted by molar-refractivity contribution is 6.35. The second-order valence-corrected chi connectivity index (χ2v) is 11.4. The largest absolute Gasteiger partial charge is 0.481 e. The molecule has 2 aromatic carbocycles. The van der Waals surface area contributed by atoms with Crippen LogP contribution in [0.1, 0.15) is 73.1 Å². The van der Waals surface area contributed by atoms with E-state index in [9.17, 15) is 14.7 Å². The fraction of sp³-hybridized carbons (Fsp3) is 0.517. The van der Waals surface area contributed by atoms with Crippen LogP contribution in [0, 0.1) is 5.92 Å². The highest BCUT2D eigenvalue weighted by Crippen LogP contribution is 2.38. The molecule has 0 saturated carbocycles. The number of aliphatic carboxylic acids is 1. The average Bonchev–Trinajstić information content (AvgIpc) is 3.34. The maximum atomic E-state index is 13.4. The zero-order valence-electron chi connectivity index (χ0n) is 21.6. The van der Waals surface area contributed by atoms with Crippen LogP contribution in [0.2, 0.25) is 5.02 Å². The number of amides is 2. The number of piperidine rings is 1. The lowest BCUT2D eigenvalue weighted by Gasteiger charge is -2.38. The van der Waals surface area contributed by atoms with Gasteiger partial charge in [-0.2, -0.15) is 0 Å². The summed E-state index contributed by atoms with van der Waals surface area (Å²) in [6, 6.07) is 10.2. The van der Waals surface area contributed by atoms with Crippen LogP contribution in [-0.4, -0.2) is 61.5 Å². The number of carboxylic acids is 1. The molecule has 3 aromatic rings. The first-order valence-corrected chi connectivity index (χ1v) is 14.2. The van der Waals surface area contributed by atoms with E-state index in [2.05, 4.69) is 22.4 Å². The SMILES string of the molecule is O=C(O)CC1c2ccc3c(c2)CN(CC3)C(=O)N2CCC(CCCCCn3nnc4c(Cl)c1ccc43)CC2. The number of urea groups is 1. The smallest absolute Gasteiger partial charge is 0.320 e. The van der Waals surface area contributed by atoms with Crippen LogP contribution >= 0.6 is 11.6 Å². The number of nitrogens with zero attached hydrogens (tertiary/aromatic N) is 5. The van der Waals surface area contributed by atoms with Gasteiger partial charge in [0.2, 0.25) is 0 Å². The summed E-state index contributed by atoms with van der Waals surface area (Å²) in [7, 11) is 0. The summed E-state index contributed by atoms with van der Waals surface area (Å²) in [5, 5.41) is 19.0. The minimum atomic E-state index is -0.890.